The van der Waals surface area contributed by atoms with Crippen LogP contribution in [0.4, 0.5) is 30.7 Å². The van der Waals surface area contributed by atoms with Crippen LogP contribution in [-0.4, -0.2) is 73.8 Å². The van der Waals surface area contributed by atoms with Crippen LogP contribution < -0.4 is 0 Å². The number of pyridine rings is 1. The van der Waals surface area contributed by atoms with Crippen LogP contribution in [0, 0.1) is 5.82 Å². The van der Waals surface area contributed by atoms with Crippen LogP contribution in [0.1, 0.15) is 30.4 Å². The first kappa shape index (κ1) is 31.5. The van der Waals surface area contributed by atoms with Gasteiger partial charge in [-0.3, -0.25) is 14.7 Å². The van der Waals surface area contributed by atoms with E-state index in [9.17, 15) is 35.5 Å². The van der Waals surface area contributed by atoms with Crippen molar-refractivity contribution in [3.8, 4) is 0 Å². The van der Waals surface area contributed by atoms with E-state index in [2.05, 4.69) is 9.88 Å². The van der Waals surface area contributed by atoms with Crippen molar-refractivity contribution < 1.29 is 55.3 Å². The van der Waals surface area contributed by atoms with Crippen molar-refractivity contribution in [1.82, 2.24) is 14.8 Å². The molecule has 214 valence electrons. The van der Waals surface area contributed by atoms with Crippen molar-refractivity contribution in [3.05, 3.63) is 65.7 Å². The lowest BCUT2D eigenvalue weighted by molar-refractivity contribution is -0.193. The molecular formula is C24H24F7N3O5. The smallest absolute Gasteiger partial charge is 0.475 e. The number of alkyl halides is 6. The van der Waals surface area contributed by atoms with Gasteiger partial charge in [0, 0.05) is 50.5 Å². The summed E-state index contributed by atoms with van der Waals surface area (Å²) >= 11 is 0. The van der Waals surface area contributed by atoms with Gasteiger partial charge in [-0.05, 0) is 42.2 Å². The maximum Gasteiger partial charge on any atom is 0.490 e. The molecule has 2 saturated heterocycles. The Kier molecular flexibility index (Phi) is 10.8. The van der Waals surface area contributed by atoms with E-state index in [4.69, 9.17) is 19.8 Å². The van der Waals surface area contributed by atoms with Crippen molar-refractivity contribution in [3.63, 3.8) is 0 Å². The number of carbonyl (C=O) groups excluding carboxylic acids is 1. The molecule has 39 heavy (non-hydrogen) atoms. The highest BCUT2D eigenvalue weighted by Crippen LogP contribution is 2.33. The average molecular weight is 567 g/mol. The number of benzene rings is 1. The number of amides is 1. The first-order valence-corrected chi connectivity index (χ1v) is 11.4. The molecule has 2 aliphatic rings. The number of piperidine rings is 1. The maximum atomic E-state index is 13.1. The van der Waals surface area contributed by atoms with E-state index in [0.29, 0.717) is 19.0 Å². The number of carbonyl (C=O) groups is 3. The second-order valence-electron chi connectivity index (χ2n) is 8.55. The first-order chi connectivity index (χ1) is 18.1. The number of aromatic nitrogens is 1. The van der Waals surface area contributed by atoms with Gasteiger partial charge in [-0.1, -0.05) is 18.2 Å². The molecule has 0 unspecified atom stereocenters. The number of rotatable bonds is 4. The number of likely N-dealkylation sites (tertiary alicyclic amines) is 2. The number of carboxylic acid groups (broad SMARTS) is 2. The molecule has 3 heterocycles. The molecule has 0 aliphatic carbocycles. The molecular weight excluding hydrogens is 543 g/mol. The SMILES string of the molecule is O=C(O)C(F)(F)F.O=C(O)C(F)(F)F.O=C1CC[C@@H]2[C@@H](CCN2Cc2ccc(F)cc2)N1Cc1cccnc1. The topological polar surface area (TPSA) is 111 Å². The summed E-state index contributed by atoms with van der Waals surface area (Å²) in [5.41, 5.74) is 2.20. The van der Waals surface area contributed by atoms with Gasteiger partial charge in [0.2, 0.25) is 5.91 Å². The summed E-state index contributed by atoms with van der Waals surface area (Å²) < 4.78 is 76.6. The largest absolute Gasteiger partial charge is 0.490 e. The van der Waals surface area contributed by atoms with Gasteiger partial charge in [-0.25, -0.2) is 14.0 Å². The molecule has 2 N–H and O–H groups in total. The van der Waals surface area contributed by atoms with Gasteiger partial charge in [0.15, 0.2) is 0 Å². The van der Waals surface area contributed by atoms with Crippen LogP contribution in [0.25, 0.3) is 0 Å². The van der Waals surface area contributed by atoms with Crippen molar-refractivity contribution in [2.24, 2.45) is 0 Å². The zero-order valence-corrected chi connectivity index (χ0v) is 20.1. The molecule has 1 amide bonds. The number of fused-ring (bicyclic) bond motifs is 1. The molecule has 0 saturated carbocycles. The lowest BCUT2D eigenvalue weighted by atomic mass is 9.95. The Bertz CT molecular complexity index is 1090. The van der Waals surface area contributed by atoms with E-state index in [-0.39, 0.29) is 17.8 Å². The van der Waals surface area contributed by atoms with Gasteiger partial charge in [0.25, 0.3) is 0 Å². The Morgan fingerprint density at radius 3 is 1.92 bits per heavy atom. The zero-order chi connectivity index (χ0) is 29.4. The van der Waals surface area contributed by atoms with E-state index in [0.717, 1.165) is 37.1 Å². The van der Waals surface area contributed by atoms with Gasteiger partial charge < -0.3 is 15.1 Å². The molecule has 0 spiro atoms. The minimum atomic E-state index is -5.08. The fourth-order valence-electron chi connectivity index (χ4n) is 4.15. The number of aliphatic carboxylic acids is 2. The van der Waals surface area contributed by atoms with Crippen molar-refractivity contribution in [2.75, 3.05) is 6.54 Å². The number of hydrogen-bond acceptors (Lipinski definition) is 5. The molecule has 2 atom stereocenters. The van der Waals surface area contributed by atoms with Crippen LogP contribution in [0.2, 0.25) is 0 Å². The van der Waals surface area contributed by atoms with Crippen LogP contribution in [0.3, 0.4) is 0 Å². The summed E-state index contributed by atoms with van der Waals surface area (Å²) in [6.07, 6.45) is -4.07. The quantitative estimate of drug-likeness (QED) is 0.532. The highest BCUT2D eigenvalue weighted by Gasteiger charge is 2.43. The fourth-order valence-corrected chi connectivity index (χ4v) is 4.15. The lowest BCUT2D eigenvalue weighted by Gasteiger charge is -2.40. The predicted octanol–water partition coefficient (Wildman–Crippen LogP) is 4.25. The van der Waals surface area contributed by atoms with E-state index in [1.54, 1.807) is 6.20 Å². The summed E-state index contributed by atoms with van der Waals surface area (Å²) in [4.78, 5) is 38.9. The van der Waals surface area contributed by atoms with Crippen molar-refractivity contribution in [2.45, 2.75) is 56.8 Å². The van der Waals surface area contributed by atoms with Gasteiger partial charge in [-0.15, -0.1) is 0 Å². The highest BCUT2D eigenvalue weighted by molar-refractivity contribution is 5.77. The molecule has 2 aromatic rings. The van der Waals surface area contributed by atoms with Crippen LogP contribution in [0.15, 0.2) is 48.8 Å². The summed E-state index contributed by atoms with van der Waals surface area (Å²) in [7, 11) is 0. The standard InChI is InChI=1S/C20H22FN3O.2C2HF3O2/c21-17-5-3-15(4-6-17)13-23-11-9-19-18(23)7-8-20(25)24(19)14-16-2-1-10-22-12-16;2*3-2(4,5)1(6)7/h1-6,10,12,18-19H,7-9,11,13-14H2;2*(H,6,7)/t18-,19-;;/m1../s1. The number of nitrogens with zero attached hydrogens (tertiary/aromatic N) is 3. The molecule has 0 radical (unpaired) electrons. The second-order valence-corrected chi connectivity index (χ2v) is 8.55. The Morgan fingerprint density at radius 1 is 0.872 bits per heavy atom. The molecule has 2 fully saturated rings. The molecule has 0 bridgehead atoms. The predicted molar refractivity (Wildman–Crippen MR) is 120 cm³/mol. The zero-order valence-electron chi connectivity index (χ0n) is 20.1. The third-order valence-corrected chi connectivity index (χ3v) is 5.86. The van der Waals surface area contributed by atoms with Gasteiger partial charge >= 0.3 is 24.3 Å². The molecule has 4 rings (SSSR count). The van der Waals surface area contributed by atoms with E-state index in [1.165, 1.54) is 12.1 Å². The normalized spacial score (nSPS) is 19.3. The number of hydrogen-bond donors (Lipinski definition) is 2. The highest BCUT2D eigenvalue weighted by atomic mass is 19.4. The summed E-state index contributed by atoms with van der Waals surface area (Å²) in [5, 5.41) is 14.2. The Labute approximate surface area is 217 Å². The van der Waals surface area contributed by atoms with Crippen molar-refractivity contribution in [1.29, 1.82) is 0 Å². The van der Waals surface area contributed by atoms with Crippen LogP contribution in [-0.2, 0) is 27.5 Å². The minimum absolute atomic E-state index is 0.200. The van der Waals surface area contributed by atoms with Crippen LogP contribution in [0.5, 0.6) is 0 Å². The van der Waals surface area contributed by atoms with Crippen molar-refractivity contribution >= 4 is 17.8 Å². The Balaban J connectivity index is 0.000000317. The summed E-state index contributed by atoms with van der Waals surface area (Å²) in [5.74, 6) is -5.47. The third kappa shape index (κ3) is 9.81. The average Bonchev–Trinajstić information content (AvgIpc) is 3.25. The lowest BCUT2D eigenvalue weighted by Crippen LogP contribution is -2.51. The summed E-state index contributed by atoms with van der Waals surface area (Å²) in [6.45, 7) is 2.43. The van der Waals surface area contributed by atoms with E-state index in [1.807, 2.05) is 35.4 Å². The minimum Gasteiger partial charge on any atom is -0.475 e. The number of carboxylic acids is 2. The Hall–Kier alpha value is -3.75. The molecule has 8 nitrogen and oxygen atoms in total. The molecule has 1 aromatic carbocycles. The van der Waals surface area contributed by atoms with E-state index < -0.39 is 24.3 Å². The maximum absolute atomic E-state index is 13.1. The molecule has 1 aromatic heterocycles. The second kappa shape index (κ2) is 13.4. The Morgan fingerprint density at radius 2 is 1.44 bits per heavy atom. The van der Waals surface area contributed by atoms with Crippen LogP contribution >= 0.6 is 0 Å². The van der Waals surface area contributed by atoms with Gasteiger partial charge in [0.05, 0.1) is 0 Å². The first-order valence-electron chi connectivity index (χ1n) is 11.4. The third-order valence-electron chi connectivity index (χ3n) is 5.86. The van der Waals surface area contributed by atoms with Gasteiger partial charge in [-0.2, -0.15) is 26.3 Å². The fraction of sp³-hybridized carbons (Fsp3) is 0.417. The molecule has 2 aliphatic heterocycles. The summed E-state index contributed by atoms with van der Waals surface area (Å²) in [6, 6.07) is 11.3. The van der Waals surface area contributed by atoms with E-state index >= 15 is 0 Å². The van der Waals surface area contributed by atoms with Gasteiger partial charge in [0.1, 0.15) is 5.82 Å². The monoisotopic (exact) mass is 567 g/mol. The molecule has 15 heteroatoms. The number of halogens is 7.